The van der Waals surface area contributed by atoms with Gasteiger partial charge in [0.15, 0.2) is 18.1 Å². The zero-order chi connectivity index (χ0) is 38.6. The second kappa shape index (κ2) is 13.8. The number of alkyl halides is 1. The van der Waals surface area contributed by atoms with Crippen LogP contribution in [0.2, 0.25) is 0 Å². The summed E-state index contributed by atoms with van der Waals surface area (Å²) in [6, 6.07) is 14.2. The second-order valence-corrected chi connectivity index (χ2v) is 15.9. The number of amides is 1. The molecule has 284 valence electrons. The number of nitrogens with two attached hydrogens (primary N) is 1. The number of carbonyl (C=O) groups is 4. The monoisotopic (exact) mass is 739 g/mol. The van der Waals surface area contributed by atoms with Crippen molar-refractivity contribution in [1.82, 2.24) is 4.98 Å². The van der Waals surface area contributed by atoms with E-state index < -0.39 is 70.4 Å². The summed E-state index contributed by atoms with van der Waals surface area (Å²) in [5.74, 6) is -3.58. The highest BCUT2D eigenvalue weighted by molar-refractivity contribution is 6.01. The fourth-order valence-electron chi connectivity index (χ4n) is 10.2. The molecule has 12 heteroatoms. The molecule has 54 heavy (non-hydrogen) atoms. The van der Waals surface area contributed by atoms with Gasteiger partial charge in [-0.05, 0) is 91.3 Å². The molecule has 1 amide bonds. The molecule has 3 aromatic rings. The van der Waals surface area contributed by atoms with Crippen LogP contribution in [-0.2, 0) is 30.5 Å². The Balaban J connectivity index is 0.955. The molecule has 0 radical (unpaired) electrons. The number of carbonyl (C=O) groups excluding carboxylic acids is 4. The maximum Gasteiger partial charge on any atom is 0.509 e. The number of rotatable bonds is 9. The van der Waals surface area contributed by atoms with Crippen molar-refractivity contribution in [3.05, 3.63) is 95.9 Å². The number of benzene rings is 2. The molecule has 1 aromatic heterocycles. The predicted octanol–water partition coefficient (Wildman–Crippen LogP) is 5.49. The Bertz CT molecular complexity index is 2070. The molecule has 4 aliphatic carbocycles. The fourth-order valence-corrected chi connectivity index (χ4v) is 10.2. The zero-order valence-corrected chi connectivity index (χ0v) is 30.6. The number of nitrogens with zero attached hydrogens (tertiary/aromatic N) is 1. The number of aliphatic hydroxyl groups is 2. The van der Waals surface area contributed by atoms with E-state index in [0.717, 1.165) is 10.8 Å². The summed E-state index contributed by atoms with van der Waals surface area (Å²) in [6.07, 6.45) is 6.16. The molecule has 0 saturated heterocycles. The van der Waals surface area contributed by atoms with Crippen molar-refractivity contribution in [2.24, 2.45) is 34.3 Å². The van der Waals surface area contributed by atoms with E-state index >= 15 is 4.39 Å². The van der Waals surface area contributed by atoms with Gasteiger partial charge in [-0.2, -0.15) is 0 Å². The van der Waals surface area contributed by atoms with E-state index in [0.29, 0.717) is 41.6 Å². The first-order valence-electron chi connectivity index (χ1n) is 18.5. The van der Waals surface area contributed by atoms with Crippen LogP contribution < -0.4 is 11.1 Å². The minimum Gasteiger partial charge on any atom is -0.429 e. The molecule has 0 unspecified atom stereocenters. The number of allylic oxidation sites excluding steroid dienone is 4. The maximum absolute atomic E-state index is 17.4. The Hall–Kier alpha value is -4.78. The number of hydrogen-bond donors (Lipinski definition) is 4. The molecule has 0 aliphatic heterocycles. The fraction of sp³-hybridized carbons (Fsp3) is 0.452. The predicted molar refractivity (Wildman–Crippen MR) is 198 cm³/mol. The van der Waals surface area contributed by atoms with Crippen LogP contribution in [0.25, 0.3) is 10.8 Å². The molecular weight excluding hydrogens is 693 g/mol. The summed E-state index contributed by atoms with van der Waals surface area (Å²) < 4.78 is 27.9. The topological polar surface area (TPSA) is 178 Å². The van der Waals surface area contributed by atoms with Crippen molar-refractivity contribution < 1.29 is 43.3 Å². The molecule has 3 saturated carbocycles. The second-order valence-electron chi connectivity index (χ2n) is 15.9. The van der Waals surface area contributed by atoms with E-state index in [1.807, 2.05) is 18.2 Å². The lowest BCUT2D eigenvalue weighted by Crippen LogP contribution is -2.69. The number of aliphatic hydroxyl groups excluding tert-OH is 1. The number of hydrogen-bond acceptors (Lipinski definition) is 10. The van der Waals surface area contributed by atoms with Gasteiger partial charge in [0.25, 0.3) is 0 Å². The lowest BCUT2D eigenvalue weighted by Gasteiger charge is -2.62. The lowest BCUT2D eigenvalue weighted by atomic mass is 9.44. The van der Waals surface area contributed by atoms with Gasteiger partial charge in [0, 0.05) is 46.8 Å². The Labute approximate surface area is 312 Å². The molecule has 4 aliphatic rings. The van der Waals surface area contributed by atoms with Crippen LogP contribution in [0.3, 0.4) is 0 Å². The Morgan fingerprint density at radius 2 is 1.83 bits per heavy atom. The first-order chi connectivity index (χ1) is 25.6. The molecule has 11 nitrogen and oxygen atoms in total. The summed E-state index contributed by atoms with van der Waals surface area (Å²) in [4.78, 5) is 55.8. The van der Waals surface area contributed by atoms with Gasteiger partial charge in [-0.3, -0.25) is 19.4 Å². The molecule has 7 rings (SSSR count). The van der Waals surface area contributed by atoms with E-state index in [2.05, 4.69) is 10.3 Å². The average molecular weight is 740 g/mol. The van der Waals surface area contributed by atoms with Gasteiger partial charge in [-0.25, -0.2) is 9.18 Å². The van der Waals surface area contributed by atoms with Crippen LogP contribution in [-0.4, -0.2) is 69.4 Å². The van der Waals surface area contributed by atoms with Crippen LogP contribution in [0, 0.1) is 28.6 Å². The zero-order valence-electron chi connectivity index (χ0n) is 30.6. The van der Waals surface area contributed by atoms with Gasteiger partial charge in [-0.15, -0.1) is 0 Å². The third kappa shape index (κ3) is 5.86. The normalized spacial score (nSPS) is 33.2. The number of aromatic nitrogens is 1. The van der Waals surface area contributed by atoms with Gasteiger partial charge in [0.1, 0.15) is 12.2 Å². The van der Waals surface area contributed by atoms with Crippen LogP contribution >= 0.6 is 0 Å². The molecule has 2 aromatic carbocycles. The Morgan fingerprint density at radius 1 is 1.07 bits per heavy atom. The van der Waals surface area contributed by atoms with Gasteiger partial charge < -0.3 is 30.7 Å². The highest BCUT2D eigenvalue weighted by Crippen LogP contribution is 2.70. The Kier molecular flexibility index (Phi) is 9.60. The van der Waals surface area contributed by atoms with Crippen molar-refractivity contribution in [3.8, 4) is 0 Å². The van der Waals surface area contributed by atoms with Gasteiger partial charge >= 0.3 is 6.16 Å². The highest BCUT2D eigenvalue weighted by atomic mass is 19.1. The van der Waals surface area contributed by atoms with E-state index in [-0.39, 0.29) is 31.3 Å². The standard InChI is InChI=1S/C42H46FN3O8/c1-24-16-34-33-11-9-29-18-31(47)12-14-39(29,2)41(33,43)35(48)19-40(34,3)42(24,52)36(49)23-54-38(51)53-22-25-4-6-26(7-5-25)32(20-44)37(50)46-30-10-8-28-21-45-15-13-27(28)17-30/h4-8,10,12-15,17-18,21,24,32-35,48,52H,9,11,16,19-20,22-23,44H2,1-3H3,(H,46,50)/t24-,32-,33+,34+,35+,39+,40+,41+,42+/m1/s1. The minimum atomic E-state index is -2.10. The largest absolute Gasteiger partial charge is 0.509 e. The number of nitrogens with one attached hydrogen (secondary N) is 1. The lowest BCUT2D eigenvalue weighted by molar-refractivity contribution is -0.219. The van der Waals surface area contributed by atoms with Crippen molar-refractivity contribution in [2.45, 2.75) is 76.4 Å². The Morgan fingerprint density at radius 3 is 2.57 bits per heavy atom. The number of pyridine rings is 1. The third-order valence-electron chi connectivity index (χ3n) is 13.2. The maximum atomic E-state index is 17.4. The number of Topliss-reactive ketones (excluding diaryl/α,β-unsaturated/α-hetero) is 1. The van der Waals surface area contributed by atoms with Crippen molar-refractivity contribution in [1.29, 1.82) is 0 Å². The molecule has 0 spiro atoms. The van der Waals surface area contributed by atoms with E-state index in [9.17, 15) is 29.4 Å². The van der Waals surface area contributed by atoms with Gasteiger partial charge in [0.05, 0.1) is 12.0 Å². The van der Waals surface area contributed by atoms with Crippen LogP contribution in [0.1, 0.15) is 63.5 Å². The van der Waals surface area contributed by atoms with Crippen LogP contribution in [0.5, 0.6) is 0 Å². The number of fused-ring (bicyclic) bond motifs is 6. The smallest absolute Gasteiger partial charge is 0.429 e. The summed E-state index contributed by atoms with van der Waals surface area (Å²) in [6.45, 7) is 4.28. The first-order valence-corrected chi connectivity index (χ1v) is 18.5. The van der Waals surface area contributed by atoms with E-state index in [1.165, 1.54) is 12.2 Å². The molecule has 5 N–H and O–H groups in total. The molecule has 1 heterocycles. The SMILES string of the molecule is C[C@@H]1C[C@H]2[C@@H]3CCC4=CC(=O)C=C[C@]4(C)[C@@]3(F)[C@@H](O)C[C@]2(C)[C@@]1(O)C(=O)COC(=O)OCc1ccc([C@@H](CN)C(=O)Nc2ccc3cnccc3c2)cc1. The summed E-state index contributed by atoms with van der Waals surface area (Å²) in [7, 11) is 0. The summed E-state index contributed by atoms with van der Waals surface area (Å²) in [5.41, 5.74) is 2.05. The molecule has 9 atom stereocenters. The van der Waals surface area contributed by atoms with E-state index in [4.69, 9.17) is 15.2 Å². The molecule has 3 fully saturated rings. The number of anilines is 1. The molecule has 0 bridgehead atoms. The van der Waals surface area contributed by atoms with Crippen molar-refractivity contribution >= 4 is 40.1 Å². The van der Waals surface area contributed by atoms with Crippen molar-refractivity contribution in [3.63, 3.8) is 0 Å². The summed E-state index contributed by atoms with van der Waals surface area (Å²) >= 11 is 0. The molecular formula is C42H46FN3O8. The van der Waals surface area contributed by atoms with Crippen LogP contribution in [0.4, 0.5) is 14.9 Å². The first kappa shape index (κ1) is 37.5. The number of ketones is 2. The van der Waals surface area contributed by atoms with Crippen LogP contribution in [0.15, 0.2) is 84.7 Å². The third-order valence-corrected chi connectivity index (χ3v) is 13.2. The average Bonchev–Trinajstić information content (AvgIpc) is 3.35. The highest BCUT2D eigenvalue weighted by Gasteiger charge is 2.75. The minimum absolute atomic E-state index is 0.0652. The number of halogens is 1. The van der Waals surface area contributed by atoms with Crippen molar-refractivity contribution in [2.75, 3.05) is 18.5 Å². The summed E-state index contributed by atoms with van der Waals surface area (Å²) in [5, 5.41) is 28.5. The quantitative estimate of drug-likeness (QED) is 0.205. The van der Waals surface area contributed by atoms with Gasteiger partial charge in [0.2, 0.25) is 11.7 Å². The number of ether oxygens (including phenoxy) is 2. The van der Waals surface area contributed by atoms with Gasteiger partial charge in [-0.1, -0.05) is 55.8 Å². The van der Waals surface area contributed by atoms with E-state index in [1.54, 1.807) is 69.6 Å².